The van der Waals surface area contributed by atoms with Gasteiger partial charge >= 0.3 is 0 Å². The number of sulfone groups is 1. The predicted molar refractivity (Wildman–Crippen MR) is 106 cm³/mol. The Morgan fingerprint density at radius 1 is 1.27 bits per heavy atom. The van der Waals surface area contributed by atoms with Crippen molar-refractivity contribution in [2.75, 3.05) is 5.75 Å². The van der Waals surface area contributed by atoms with Crippen molar-refractivity contribution in [3.63, 3.8) is 0 Å². The largest absolute Gasteiger partial charge is 0.598 e. The standard InChI is InChI=1S/C17H24BrFN2O3S2/c1-15(2,3)25(22)21-17(6,11-26(23,24)16(4,5)10-20)13-9-12(18)7-8-14(13)19/h7-9,21H,11H2,1-6H3. The van der Waals surface area contributed by atoms with E-state index in [1.807, 2.05) is 0 Å². The van der Waals surface area contributed by atoms with Gasteiger partial charge in [-0.05, 0) is 59.7 Å². The fraction of sp³-hybridized carbons (Fsp3) is 0.588. The van der Waals surface area contributed by atoms with Crippen molar-refractivity contribution in [3.05, 3.63) is 34.1 Å². The van der Waals surface area contributed by atoms with E-state index in [9.17, 15) is 22.6 Å². The lowest BCUT2D eigenvalue weighted by atomic mass is 9.95. The van der Waals surface area contributed by atoms with Crippen molar-refractivity contribution in [2.45, 2.75) is 56.6 Å². The van der Waals surface area contributed by atoms with Crippen molar-refractivity contribution >= 4 is 37.1 Å². The van der Waals surface area contributed by atoms with E-state index in [4.69, 9.17) is 0 Å². The van der Waals surface area contributed by atoms with Gasteiger partial charge < -0.3 is 4.55 Å². The summed E-state index contributed by atoms with van der Waals surface area (Å²) in [6, 6.07) is 5.93. The second-order valence-corrected chi connectivity index (χ2v) is 13.2. The second kappa shape index (κ2) is 7.76. The molecular formula is C17H24BrFN2O3S2. The summed E-state index contributed by atoms with van der Waals surface area (Å²) in [6.07, 6.45) is 0. The number of hydrogen-bond donors (Lipinski definition) is 1. The highest BCUT2D eigenvalue weighted by Crippen LogP contribution is 2.33. The molecule has 1 aromatic rings. The minimum Gasteiger partial charge on any atom is -0.598 e. The van der Waals surface area contributed by atoms with E-state index in [0.717, 1.165) is 0 Å². The van der Waals surface area contributed by atoms with Crippen LogP contribution in [0.15, 0.2) is 22.7 Å². The third-order valence-corrected chi connectivity index (χ3v) is 8.77. The lowest BCUT2D eigenvalue weighted by molar-refractivity contribution is 0.431. The van der Waals surface area contributed by atoms with E-state index < -0.39 is 47.8 Å². The Balaban J connectivity index is 3.54. The molecular weight excluding hydrogens is 443 g/mol. The van der Waals surface area contributed by atoms with Crippen LogP contribution in [0.2, 0.25) is 0 Å². The summed E-state index contributed by atoms with van der Waals surface area (Å²) in [4.78, 5) is 0. The summed E-state index contributed by atoms with van der Waals surface area (Å²) in [5, 5.41) is 9.22. The molecule has 0 aliphatic heterocycles. The number of rotatable bonds is 6. The Labute approximate surface area is 166 Å². The van der Waals surface area contributed by atoms with Crippen molar-refractivity contribution in [1.82, 2.24) is 4.72 Å². The van der Waals surface area contributed by atoms with Gasteiger partial charge in [0.1, 0.15) is 16.1 Å². The lowest BCUT2D eigenvalue weighted by Crippen LogP contribution is -2.55. The maximum Gasteiger partial charge on any atom is 0.171 e. The van der Waals surface area contributed by atoms with Crippen molar-refractivity contribution in [1.29, 1.82) is 5.26 Å². The maximum atomic E-state index is 14.5. The smallest absolute Gasteiger partial charge is 0.171 e. The van der Waals surface area contributed by atoms with Crippen LogP contribution in [0.3, 0.4) is 0 Å². The molecule has 1 aromatic carbocycles. The van der Waals surface area contributed by atoms with Crippen LogP contribution in [0.1, 0.15) is 47.1 Å². The Bertz CT molecular complexity index is 816. The number of benzene rings is 1. The Morgan fingerprint density at radius 2 is 1.81 bits per heavy atom. The lowest BCUT2D eigenvalue weighted by Gasteiger charge is -2.36. The SMILES string of the molecule is CC(CS(=O)(=O)C(C)(C)C#N)(N[S+]([O-])C(C)(C)C)c1cc(Br)ccc1F. The maximum absolute atomic E-state index is 14.5. The van der Waals surface area contributed by atoms with Gasteiger partial charge in [-0.3, -0.25) is 0 Å². The molecule has 146 valence electrons. The van der Waals surface area contributed by atoms with Crippen LogP contribution in [0.4, 0.5) is 4.39 Å². The van der Waals surface area contributed by atoms with Crippen molar-refractivity contribution in [2.24, 2.45) is 0 Å². The van der Waals surface area contributed by atoms with Crippen LogP contribution in [0, 0.1) is 17.1 Å². The summed E-state index contributed by atoms with van der Waals surface area (Å²) < 4.78 is 53.8. The fourth-order valence-corrected chi connectivity index (χ4v) is 4.91. The molecule has 0 heterocycles. The van der Waals surface area contributed by atoms with Crippen LogP contribution in [-0.4, -0.2) is 28.2 Å². The van der Waals surface area contributed by atoms with Gasteiger partial charge in [0.2, 0.25) is 0 Å². The van der Waals surface area contributed by atoms with Gasteiger partial charge in [0.05, 0.1) is 11.8 Å². The molecule has 0 aliphatic rings. The minimum atomic E-state index is -3.98. The van der Waals surface area contributed by atoms with E-state index in [-0.39, 0.29) is 5.56 Å². The Kier molecular flexibility index (Phi) is 6.98. The minimum absolute atomic E-state index is 0.0572. The average Bonchev–Trinajstić information content (AvgIpc) is 2.47. The third-order valence-electron chi connectivity index (χ3n) is 3.92. The van der Waals surface area contributed by atoms with Crippen molar-refractivity contribution < 1.29 is 17.4 Å². The highest BCUT2D eigenvalue weighted by molar-refractivity contribution is 9.10. The molecule has 9 heteroatoms. The van der Waals surface area contributed by atoms with Gasteiger partial charge in [-0.1, -0.05) is 15.9 Å². The van der Waals surface area contributed by atoms with Gasteiger partial charge in [0.15, 0.2) is 14.6 Å². The highest BCUT2D eigenvalue weighted by atomic mass is 79.9. The van der Waals surface area contributed by atoms with E-state index >= 15 is 0 Å². The first-order chi connectivity index (χ1) is 11.6. The Hall–Kier alpha value is -0.660. The Morgan fingerprint density at radius 3 is 2.27 bits per heavy atom. The van der Waals surface area contributed by atoms with Crippen LogP contribution in [0.5, 0.6) is 0 Å². The van der Waals surface area contributed by atoms with Gasteiger partial charge in [0, 0.05) is 21.4 Å². The molecule has 0 aliphatic carbocycles. The summed E-state index contributed by atoms with van der Waals surface area (Å²) in [6.45, 7) is 9.23. The summed E-state index contributed by atoms with van der Waals surface area (Å²) in [5.41, 5.74) is -1.44. The molecule has 0 aromatic heterocycles. The molecule has 2 atom stereocenters. The van der Waals surface area contributed by atoms with Crippen molar-refractivity contribution in [3.8, 4) is 6.07 Å². The quantitative estimate of drug-likeness (QED) is 0.646. The molecule has 0 amide bonds. The molecule has 1 rings (SSSR count). The molecule has 0 fully saturated rings. The highest BCUT2D eigenvalue weighted by Gasteiger charge is 2.46. The zero-order valence-corrected chi connectivity index (χ0v) is 18.9. The van der Waals surface area contributed by atoms with E-state index in [0.29, 0.717) is 4.47 Å². The second-order valence-electron chi connectivity index (χ2n) is 7.82. The average molecular weight is 467 g/mol. The van der Waals surface area contributed by atoms with Crippen LogP contribution >= 0.6 is 15.9 Å². The number of nitrogens with one attached hydrogen (secondary N) is 1. The normalized spacial score (nSPS) is 16.6. The molecule has 2 unspecified atom stereocenters. The summed E-state index contributed by atoms with van der Waals surface area (Å²) >= 11 is 1.59. The van der Waals surface area contributed by atoms with Gasteiger partial charge in [-0.2, -0.15) is 5.26 Å². The zero-order valence-electron chi connectivity index (χ0n) is 15.7. The van der Waals surface area contributed by atoms with Crippen LogP contribution < -0.4 is 4.72 Å². The van der Waals surface area contributed by atoms with Gasteiger partial charge in [-0.15, -0.1) is 4.72 Å². The first-order valence-electron chi connectivity index (χ1n) is 7.84. The van der Waals surface area contributed by atoms with E-state index in [1.165, 1.54) is 39.0 Å². The summed E-state index contributed by atoms with van der Waals surface area (Å²) in [7, 11) is -3.98. The van der Waals surface area contributed by atoms with Crippen LogP contribution in [-0.2, 0) is 26.7 Å². The molecule has 0 saturated carbocycles. The van der Waals surface area contributed by atoms with Crippen LogP contribution in [0.25, 0.3) is 0 Å². The molecule has 26 heavy (non-hydrogen) atoms. The monoisotopic (exact) mass is 466 g/mol. The molecule has 0 bridgehead atoms. The number of nitriles is 1. The molecule has 0 radical (unpaired) electrons. The predicted octanol–water partition coefficient (Wildman–Crippen LogP) is 3.57. The topological polar surface area (TPSA) is 93.0 Å². The summed E-state index contributed by atoms with van der Waals surface area (Å²) in [5.74, 6) is -1.21. The van der Waals surface area contributed by atoms with E-state index in [2.05, 4.69) is 20.7 Å². The number of halogens is 2. The van der Waals surface area contributed by atoms with Gasteiger partial charge in [-0.25, -0.2) is 12.8 Å². The number of nitrogens with zero attached hydrogens (tertiary/aromatic N) is 1. The number of hydrogen-bond acceptors (Lipinski definition) is 5. The molecule has 0 spiro atoms. The van der Waals surface area contributed by atoms with Gasteiger partial charge in [0.25, 0.3) is 0 Å². The molecule has 0 saturated heterocycles. The first kappa shape index (κ1) is 23.4. The van der Waals surface area contributed by atoms with E-state index in [1.54, 1.807) is 26.8 Å². The zero-order chi connectivity index (χ0) is 20.6. The third kappa shape index (κ3) is 5.20. The molecule has 1 N–H and O–H groups in total. The first-order valence-corrected chi connectivity index (χ1v) is 11.4. The fourth-order valence-electron chi connectivity index (χ4n) is 2.07. The molecule has 5 nitrogen and oxygen atoms in total.